The Morgan fingerprint density at radius 2 is 2.00 bits per heavy atom. The van der Waals surface area contributed by atoms with Gasteiger partial charge in [0.1, 0.15) is 5.75 Å². The number of hydrogen-bond donors (Lipinski definition) is 2. The van der Waals surface area contributed by atoms with E-state index in [2.05, 4.69) is 20.1 Å². The number of methoxy groups -OCH3 is 1. The molecule has 1 aliphatic rings. The number of carbonyl (C=O) groups is 1. The number of likely N-dealkylation sites (tertiary alicyclic amines) is 1. The molecule has 1 fully saturated rings. The number of rotatable bonds is 9. The Morgan fingerprint density at radius 1 is 1.22 bits per heavy atom. The monoisotopic (exact) mass is 571 g/mol. The van der Waals surface area contributed by atoms with E-state index in [4.69, 9.17) is 14.4 Å². The van der Waals surface area contributed by atoms with Gasteiger partial charge < -0.3 is 24.4 Å². The van der Waals surface area contributed by atoms with E-state index in [-0.39, 0.29) is 35.3 Å². The van der Waals surface area contributed by atoms with E-state index >= 15 is 0 Å². The maximum atomic E-state index is 14.2. The van der Waals surface area contributed by atoms with Crippen LogP contribution in [0.3, 0.4) is 0 Å². The molecular weight excluding hydrogens is 543 g/mol. The highest BCUT2D eigenvalue weighted by atomic mass is 19.4. The first-order chi connectivity index (χ1) is 19.6. The summed E-state index contributed by atoms with van der Waals surface area (Å²) in [6.07, 6.45) is -2.71. The molecule has 0 bridgehead atoms. The van der Waals surface area contributed by atoms with E-state index in [0.29, 0.717) is 30.0 Å². The second-order valence-corrected chi connectivity index (χ2v) is 9.94. The van der Waals surface area contributed by atoms with Crippen LogP contribution in [0.2, 0.25) is 0 Å². The largest absolute Gasteiger partial charge is 0.497 e. The molecule has 4 aromatic rings. The molecule has 3 heterocycles. The highest BCUT2D eigenvalue weighted by Gasteiger charge is 2.40. The summed E-state index contributed by atoms with van der Waals surface area (Å²) in [6.45, 7) is 1.76. The summed E-state index contributed by atoms with van der Waals surface area (Å²) in [6, 6.07) is 12.8. The number of β-amino-alcohol motifs (C(OH)–C–C–N with tert-alkyl or cyclic N) is 1. The van der Waals surface area contributed by atoms with Crippen molar-refractivity contribution in [1.82, 2.24) is 24.8 Å². The van der Waals surface area contributed by atoms with Gasteiger partial charge in [0.05, 0.1) is 30.7 Å². The zero-order chi connectivity index (χ0) is 29.1. The Hall–Kier alpha value is -4.23. The normalized spacial score (nSPS) is 17.0. The first-order valence-electron chi connectivity index (χ1n) is 13.0. The van der Waals surface area contributed by atoms with Gasteiger partial charge in [-0.05, 0) is 43.0 Å². The van der Waals surface area contributed by atoms with Gasteiger partial charge >= 0.3 is 12.1 Å². The molecule has 0 spiro atoms. The summed E-state index contributed by atoms with van der Waals surface area (Å²) in [5, 5.41) is 27.6. The summed E-state index contributed by atoms with van der Waals surface area (Å²) in [5.74, 6) is -0.649. The van der Waals surface area contributed by atoms with Crippen LogP contribution in [0.15, 0.2) is 59.3 Å². The second-order valence-electron chi connectivity index (χ2n) is 9.94. The summed E-state index contributed by atoms with van der Waals surface area (Å²) in [7, 11) is 1.42. The lowest BCUT2D eigenvalue weighted by molar-refractivity contribution is -0.142. The van der Waals surface area contributed by atoms with Crippen molar-refractivity contribution in [2.45, 2.75) is 31.5 Å². The molecule has 13 heteroatoms. The Kier molecular flexibility index (Phi) is 8.08. The van der Waals surface area contributed by atoms with Crippen molar-refractivity contribution < 1.29 is 37.4 Å². The Morgan fingerprint density at radius 3 is 2.71 bits per heavy atom. The first kappa shape index (κ1) is 28.3. The SMILES string of the molecule is COc1cccc(-n2ncc(-c3nc(-c4ccc([C@H](O)CN5CCC[C@H](CC(=O)O)C5)cc4)no3)c2C(F)(F)F)c1. The molecule has 0 amide bonds. The highest BCUT2D eigenvalue weighted by molar-refractivity contribution is 5.67. The number of benzene rings is 2. The molecule has 0 saturated carbocycles. The van der Waals surface area contributed by atoms with E-state index in [1.54, 1.807) is 36.4 Å². The van der Waals surface area contributed by atoms with Gasteiger partial charge in [0.15, 0.2) is 5.69 Å². The van der Waals surface area contributed by atoms with E-state index in [9.17, 15) is 23.1 Å². The zero-order valence-corrected chi connectivity index (χ0v) is 22.1. The van der Waals surface area contributed by atoms with Crippen molar-refractivity contribution in [2.24, 2.45) is 5.92 Å². The minimum absolute atomic E-state index is 0.0590. The van der Waals surface area contributed by atoms with Crippen LogP contribution in [0.5, 0.6) is 5.75 Å². The molecule has 2 N–H and O–H groups in total. The van der Waals surface area contributed by atoms with Crippen LogP contribution in [0.25, 0.3) is 28.5 Å². The molecule has 10 nitrogen and oxygen atoms in total. The summed E-state index contributed by atoms with van der Waals surface area (Å²) >= 11 is 0. The Labute approximate surface area is 233 Å². The van der Waals surface area contributed by atoms with Crippen LogP contribution < -0.4 is 4.74 Å². The smallest absolute Gasteiger partial charge is 0.434 e. The fourth-order valence-corrected chi connectivity index (χ4v) is 5.10. The van der Waals surface area contributed by atoms with Crippen LogP contribution in [0.1, 0.15) is 36.6 Å². The van der Waals surface area contributed by atoms with Crippen molar-refractivity contribution in [2.75, 3.05) is 26.7 Å². The summed E-state index contributed by atoms with van der Waals surface area (Å²) in [4.78, 5) is 17.3. The fourth-order valence-electron chi connectivity index (χ4n) is 5.10. The molecule has 5 rings (SSSR count). The molecule has 216 valence electrons. The topological polar surface area (TPSA) is 127 Å². The van der Waals surface area contributed by atoms with E-state index < -0.39 is 23.9 Å². The van der Waals surface area contributed by atoms with Crippen LogP contribution in [0.4, 0.5) is 13.2 Å². The number of aromatic nitrogens is 4. The number of nitrogens with zero attached hydrogens (tertiary/aromatic N) is 5. The third-order valence-electron chi connectivity index (χ3n) is 7.04. The molecule has 2 aromatic carbocycles. The Balaban J connectivity index is 1.33. The second kappa shape index (κ2) is 11.7. The Bertz CT molecular complexity index is 1500. The number of carboxylic acid groups (broad SMARTS) is 1. The summed E-state index contributed by atoms with van der Waals surface area (Å²) in [5.41, 5.74) is -0.156. The number of halogens is 3. The van der Waals surface area contributed by atoms with Crippen molar-refractivity contribution in [1.29, 1.82) is 0 Å². The molecule has 0 aliphatic carbocycles. The van der Waals surface area contributed by atoms with Crippen LogP contribution >= 0.6 is 0 Å². The predicted octanol–water partition coefficient (Wildman–Crippen LogP) is 4.84. The summed E-state index contributed by atoms with van der Waals surface area (Å²) < 4.78 is 53.6. The third-order valence-corrected chi connectivity index (χ3v) is 7.04. The van der Waals surface area contributed by atoms with E-state index in [1.165, 1.54) is 19.2 Å². The fraction of sp³-hybridized carbons (Fsp3) is 0.357. The first-order valence-corrected chi connectivity index (χ1v) is 13.0. The highest BCUT2D eigenvalue weighted by Crippen LogP contribution is 2.38. The lowest BCUT2D eigenvalue weighted by atomic mass is 9.94. The average molecular weight is 572 g/mol. The number of piperidine rings is 1. The standard InChI is InChI=1S/C28H28F3N5O5/c1-40-21-6-2-5-20(13-21)36-25(28(29,30)31)22(14-32-36)27-33-26(34-41-27)19-9-7-18(8-10-19)23(37)16-35-11-3-4-17(15-35)12-24(38)39/h2,5-10,13-14,17,23,37H,3-4,11-12,15-16H2,1H3,(H,38,39)/t17-,23-/m1/s1. The maximum Gasteiger partial charge on any atom is 0.434 e. The number of aliphatic hydroxyl groups excluding tert-OH is 1. The number of alkyl halides is 3. The molecule has 2 atom stereocenters. The van der Waals surface area contributed by atoms with Gasteiger partial charge in [-0.25, -0.2) is 4.68 Å². The van der Waals surface area contributed by atoms with Crippen LogP contribution in [0, 0.1) is 5.92 Å². The van der Waals surface area contributed by atoms with Crippen molar-refractivity contribution in [3.8, 4) is 34.3 Å². The molecule has 1 saturated heterocycles. The number of hydrogen-bond acceptors (Lipinski definition) is 8. The number of aliphatic hydroxyl groups is 1. The lowest BCUT2D eigenvalue weighted by Crippen LogP contribution is -2.38. The number of carboxylic acids is 1. The molecular formula is C28H28F3N5O5. The minimum Gasteiger partial charge on any atom is -0.497 e. The van der Waals surface area contributed by atoms with Gasteiger partial charge in [0.25, 0.3) is 5.89 Å². The van der Waals surface area contributed by atoms with E-state index in [0.717, 1.165) is 30.3 Å². The third kappa shape index (κ3) is 6.41. The van der Waals surface area contributed by atoms with Crippen LogP contribution in [-0.2, 0) is 11.0 Å². The number of aliphatic carboxylic acids is 1. The maximum absolute atomic E-state index is 14.2. The quantitative estimate of drug-likeness (QED) is 0.290. The predicted molar refractivity (Wildman–Crippen MR) is 140 cm³/mol. The molecule has 41 heavy (non-hydrogen) atoms. The van der Waals surface area contributed by atoms with Crippen molar-refractivity contribution in [3.63, 3.8) is 0 Å². The van der Waals surface area contributed by atoms with Gasteiger partial charge in [0.2, 0.25) is 5.82 Å². The molecule has 0 radical (unpaired) electrons. The van der Waals surface area contributed by atoms with Crippen molar-refractivity contribution in [3.05, 3.63) is 66.0 Å². The molecule has 1 aliphatic heterocycles. The molecule has 2 aromatic heterocycles. The lowest BCUT2D eigenvalue weighted by Gasteiger charge is -2.33. The number of ether oxygens (including phenoxy) is 1. The van der Waals surface area contributed by atoms with E-state index in [1.807, 2.05) is 0 Å². The van der Waals surface area contributed by atoms with Gasteiger partial charge in [-0.2, -0.15) is 23.3 Å². The van der Waals surface area contributed by atoms with Gasteiger partial charge in [-0.1, -0.05) is 35.5 Å². The average Bonchev–Trinajstić information content (AvgIpc) is 3.61. The molecule has 0 unspecified atom stereocenters. The van der Waals surface area contributed by atoms with Gasteiger partial charge in [0, 0.05) is 31.1 Å². The van der Waals surface area contributed by atoms with Gasteiger partial charge in [-0.3, -0.25) is 4.79 Å². The van der Waals surface area contributed by atoms with Gasteiger partial charge in [-0.15, -0.1) is 0 Å². The zero-order valence-electron chi connectivity index (χ0n) is 22.1. The van der Waals surface area contributed by atoms with Crippen LogP contribution in [-0.4, -0.2) is 67.7 Å². The minimum atomic E-state index is -4.77. The van der Waals surface area contributed by atoms with Crippen molar-refractivity contribution >= 4 is 5.97 Å².